The van der Waals surface area contributed by atoms with Gasteiger partial charge in [0.15, 0.2) is 0 Å². The number of alkyl halides is 3. The molecule has 1 aliphatic rings. The van der Waals surface area contributed by atoms with Gasteiger partial charge in [-0.2, -0.15) is 13.2 Å². The number of hydrogen-bond donors (Lipinski definition) is 0. The molecule has 1 amide bonds. The maximum Gasteiger partial charge on any atom is 0.416 e. The smallest absolute Gasteiger partial charge is 0.343 e. The quantitative estimate of drug-likeness (QED) is 0.787. The van der Waals surface area contributed by atoms with E-state index in [1.165, 1.54) is 12.1 Å². The van der Waals surface area contributed by atoms with Crippen LogP contribution in [0.3, 0.4) is 0 Å². The van der Waals surface area contributed by atoms with Crippen LogP contribution in [0.15, 0.2) is 24.3 Å². The highest BCUT2D eigenvalue weighted by Crippen LogP contribution is 2.29. The van der Waals surface area contributed by atoms with Crippen LogP contribution in [-0.2, 0) is 17.5 Å². The van der Waals surface area contributed by atoms with Gasteiger partial charge in [-0.05, 0) is 17.7 Å². The summed E-state index contributed by atoms with van der Waals surface area (Å²) in [6.45, 7) is 3.46. The molecule has 3 nitrogen and oxygen atoms in total. The van der Waals surface area contributed by atoms with Crippen LogP contribution in [0.5, 0.6) is 0 Å². The summed E-state index contributed by atoms with van der Waals surface area (Å²) in [4.78, 5) is 14.4. The van der Waals surface area contributed by atoms with Crippen LogP contribution in [0.4, 0.5) is 13.2 Å². The van der Waals surface area contributed by atoms with E-state index in [1.54, 1.807) is 4.90 Å². The van der Waals surface area contributed by atoms with Crippen molar-refractivity contribution in [1.29, 1.82) is 0 Å². The normalized spacial score (nSPS) is 15.9. The van der Waals surface area contributed by atoms with Crippen LogP contribution in [0, 0.1) is 0 Å². The van der Waals surface area contributed by atoms with Gasteiger partial charge in [0.05, 0.1) is 5.56 Å². The van der Waals surface area contributed by atoms with Crippen LogP contribution in [0.1, 0.15) is 11.1 Å². The summed E-state index contributed by atoms with van der Waals surface area (Å²) in [5.41, 5.74) is 0.231. The van der Waals surface area contributed by atoms with Crippen LogP contribution in [-0.4, -0.2) is 42.4 Å². The standard InChI is InChI=1S/C13H15F3N2O.2ClH/c14-13(15,16)12-3-1-11(2-4-12)9-17-5-7-18(10-19)8-6-17;;/h1-4,10H,5-9H2;2*1H. The molecule has 0 aliphatic carbocycles. The number of benzene rings is 1. The highest BCUT2D eigenvalue weighted by atomic mass is 35.5. The van der Waals surface area contributed by atoms with Crippen molar-refractivity contribution < 1.29 is 18.0 Å². The van der Waals surface area contributed by atoms with E-state index in [4.69, 9.17) is 0 Å². The third-order valence-corrected chi connectivity index (χ3v) is 3.24. The Balaban J connectivity index is 0.00000200. The van der Waals surface area contributed by atoms with Gasteiger partial charge >= 0.3 is 6.18 Å². The molecule has 0 radical (unpaired) electrons. The lowest BCUT2D eigenvalue weighted by Crippen LogP contribution is -2.45. The van der Waals surface area contributed by atoms with E-state index in [-0.39, 0.29) is 24.8 Å². The number of piperazine rings is 1. The van der Waals surface area contributed by atoms with Crippen molar-refractivity contribution in [2.24, 2.45) is 0 Å². The lowest BCUT2D eigenvalue weighted by Gasteiger charge is -2.32. The van der Waals surface area contributed by atoms with Crippen LogP contribution >= 0.6 is 24.8 Å². The minimum atomic E-state index is -4.28. The van der Waals surface area contributed by atoms with Crippen molar-refractivity contribution in [2.45, 2.75) is 12.7 Å². The van der Waals surface area contributed by atoms with Gasteiger partial charge in [0, 0.05) is 32.7 Å². The predicted molar refractivity (Wildman–Crippen MR) is 78.9 cm³/mol. The van der Waals surface area contributed by atoms with Crippen molar-refractivity contribution in [3.63, 3.8) is 0 Å². The van der Waals surface area contributed by atoms with Crippen LogP contribution < -0.4 is 0 Å². The van der Waals surface area contributed by atoms with Crippen molar-refractivity contribution in [3.8, 4) is 0 Å². The largest absolute Gasteiger partial charge is 0.416 e. The van der Waals surface area contributed by atoms with E-state index < -0.39 is 11.7 Å². The van der Waals surface area contributed by atoms with Crippen LogP contribution in [0.25, 0.3) is 0 Å². The Morgan fingerprint density at radius 1 is 1.00 bits per heavy atom. The molecule has 1 fully saturated rings. The molecule has 8 heteroatoms. The average Bonchev–Trinajstić information content (AvgIpc) is 2.39. The van der Waals surface area contributed by atoms with Gasteiger partial charge in [-0.25, -0.2) is 0 Å². The summed E-state index contributed by atoms with van der Waals surface area (Å²) in [5, 5.41) is 0. The Morgan fingerprint density at radius 2 is 1.52 bits per heavy atom. The second-order valence-corrected chi connectivity index (χ2v) is 4.61. The second-order valence-electron chi connectivity index (χ2n) is 4.61. The molecular weight excluding hydrogens is 328 g/mol. The zero-order valence-electron chi connectivity index (χ0n) is 11.2. The molecule has 0 aromatic heterocycles. The maximum absolute atomic E-state index is 12.4. The predicted octanol–water partition coefficient (Wildman–Crippen LogP) is 2.82. The van der Waals surface area contributed by atoms with Gasteiger partial charge in [0.1, 0.15) is 0 Å². The summed E-state index contributed by atoms with van der Waals surface area (Å²) in [6.07, 6.45) is -3.45. The van der Waals surface area contributed by atoms with Crippen molar-refractivity contribution in [2.75, 3.05) is 26.2 Å². The molecule has 0 saturated carbocycles. The van der Waals surface area contributed by atoms with E-state index in [2.05, 4.69) is 4.90 Å². The van der Waals surface area contributed by atoms with Gasteiger partial charge in [0.25, 0.3) is 0 Å². The van der Waals surface area contributed by atoms with Crippen molar-refractivity contribution in [1.82, 2.24) is 9.80 Å². The molecule has 0 unspecified atom stereocenters. The third-order valence-electron chi connectivity index (χ3n) is 3.24. The number of carbonyl (C=O) groups excluding carboxylic acids is 1. The molecule has 0 spiro atoms. The highest BCUT2D eigenvalue weighted by Gasteiger charge is 2.30. The summed E-state index contributed by atoms with van der Waals surface area (Å²) >= 11 is 0. The molecule has 1 saturated heterocycles. The summed E-state index contributed by atoms with van der Waals surface area (Å²) in [6, 6.07) is 5.23. The number of nitrogens with zero attached hydrogens (tertiary/aromatic N) is 2. The summed E-state index contributed by atoms with van der Waals surface area (Å²) < 4.78 is 37.2. The molecule has 1 aliphatic heterocycles. The first-order chi connectivity index (χ1) is 8.99. The van der Waals surface area contributed by atoms with Gasteiger partial charge < -0.3 is 4.90 Å². The fourth-order valence-corrected chi connectivity index (χ4v) is 2.08. The molecule has 1 aromatic carbocycles. The topological polar surface area (TPSA) is 23.6 Å². The number of carbonyl (C=O) groups is 1. The number of halogens is 5. The van der Waals surface area contributed by atoms with Gasteiger partial charge in [-0.1, -0.05) is 12.1 Å². The van der Waals surface area contributed by atoms with Gasteiger partial charge in [-0.3, -0.25) is 9.69 Å². The first-order valence-corrected chi connectivity index (χ1v) is 6.07. The number of hydrogen-bond acceptors (Lipinski definition) is 2. The molecule has 0 N–H and O–H groups in total. The van der Waals surface area contributed by atoms with Crippen molar-refractivity contribution >= 4 is 31.2 Å². The second kappa shape index (κ2) is 8.46. The SMILES string of the molecule is Cl.Cl.O=CN1CCN(Cc2ccc(C(F)(F)F)cc2)CC1. The summed E-state index contributed by atoms with van der Waals surface area (Å²) in [5.74, 6) is 0. The first-order valence-electron chi connectivity index (χ1n) is 6.07. The molecular formula is C13H17Cl2F3N2O. The number of rotatable bonds is 3. The van der Waals surface area contributed by atoms with E-state index in [1.807, 2.05) is 0 Å². The molecule has 21 heavy (non-hydrogen) atoms. The molecule has 0 atom stereocenters. The number of amides is 1. The van der Waals surface area contributed by atoms with Gasteiger partial charge in [-0.15, -0.1) is 24.8 Å². The monoisotopic (exact) mass is 344 g/mol. The van der Waals surface area contributed by atoms with E-state index >= 15 is 0 Å². The summed E-state index contributed by atoms with van der Waals surface area (Å²) in [7, 11) is 0. The van der Waals surface area contributed by atoms with Gasteiger partial charge in [0.2, 0.25) is 6.41 Å². The van der Waals surface area contributed by atoms with E-state index in [0.29, 0.717) is 19.6 Å². The maximum atomic E-state index is 12.4. The molecule has 120 valence electrons. The Hall–Kier alpha value is -0.980. The van der Waals surface area contributed by atoms with Crippen LogP contribution in [0.2, 0.25) is 0 Å². The zero-order chi connectivity index (χ0) is 13.9. The molecule has 1 aromatic rings. The zero-order valence-corrected chi connectivity index (χ0v) is 12.8. The minimum Gasteiger partial charge on any atom is -0.343 e. The van der Waals surface area contributed by atoms with E-state index in [9.17, 15) is 18.0 Å². The van der Waals surface area contributed by atoms with E-state index in [0.717, 1.165) is 37.2 Å². The molecule has 0 bridgehead atoms. The average molecular weight is 345 g/mol. The third kappa shape index (κ3) is 5.73. The van der Waals surface area contributed by atoms with Crippen molar-refractivity contribution in [3.05, 3.63) is 35.4 Å². The molecule has 1 heterocycles. The molecule has 2 rings (SSSR count). The Bertz CT molecular complexity index is 432. The minimum absolute atomic E-state index is 0. The Kier molecular flexibility index (Phi) is 8.06. The lowest BCUT2D eigenvalue weighted by atomic mass is 10.1. The first kappa shape index (κ1) is 20.0. The Labute approximate surface area is 133 Å². The fourth-order valence-electron chi connectivity index (χ4n) is 2.08. The lowest BCUT2D eigenvalue weighted by molar-refractivity contribution is -0.137. The highest BCUT2D eigenvalue weighted by molar-refractivity contribution is 5.85. The fraction of sp³-hybridized carbons (Fsp3) is 0.462. The Morgan fingerprint density at radius 3 is 1.95 bits per heavy atom.